The smallest absolute Gasteiger partial charge is 0.228 e. The van der Waals surface area contributed by atoms with Crippen LogP contribution in [0, 0.1) is 5.41 Å². The van der Waals surface area contributed by atoms with E-state index in [-0.39, 0.29) is 18.0 Å². The molecule has 3 heterocycles. The number of hydrogen-bond donors (Lipinski definition) is 3. The third-order valence-electron chi connectivity index (χ3n) is 6.78. The molecule has 0 saturated carbocycles. The number of aromatic nitrogens is 3. The van der Waals surface area contributed by atoms with Crippen LogP contribution < -0.4 is 15.5 Å². The number of nitrogens with zero attached hydrogens (tertiary/aromatic N) is 5. The van der Waals surface area contributed by atoms with Crippen LogP contribution in [0.2, 0.25) is 0 Å². The van der Waals surface area contributed by atoms with Gasteiger partial charge in [0.15, 0.2) is 5.82 Å². The van der Waals surface area contributed by atoms with Crippen LogP contribution in [0.15, 0.2) is 48.7 Å². The summed E-state index contributed by atoms with van der Waals surface area (Å²) >= 11 is 0. The summed E-state index contributed by atoms with van der Waals surface area (Å²) in [5.41, 5.74) is 4.29. The molecule has 0 aliphatic carbocycles. The minimum Gasteiger partial charge on any atom is -0.378 e. The molecular formula is C28H36N8O. The Morgan fingerprint density at radius 2 is 1.78 bits per heavy atom. The third-order valence-corrected chi connectivity index (χ3v) is 6.78. The monoisotopic (exact) mass is 500 g/mol. The molecule has 1 aromatic carbocycles. The number of hydrogen-bond acceptors (Lipinski definition) is 8. The number of pyridine rings is 1. The molecule has 9 heteroatoms. The minimum atomic E-state index is -0.0781. The van der Waals surface area contributed by atoms with Gasteiger partial charge in [0.25, 0.3) is 0 Å². The van der Waals surface area contributed by atoms with E-state index in [1.165, 1.54) is 6.21 Å². The number of amides is 1. The molecule has 1 fully saturated rings. The van der Waals surface area contributed by atoms with Crippen LogP contribution in [0.5, 0.6) is 0 Å². The summed E-state index contributed by atoms with van der Waals surface area (Å²) in [5.74, 6) is 1.29. The highest BCUT2D eigenvalue weighted by Gasteiger charge is 2.24. The zero-order chi connectivity index (χ0) is 26.4. The SMILES string of the molecule is CCC(C)Nc1c(C=N)nc(N2CCN(C(C)=O)CC2)nc1NC(C)c1ccc(-c2ccccc2)nc1. The average molecular weight is 501 g/mol. The Balaban J connectivity index is 1.61. The first-order valence-corrected chi connectivity index (χ1v) is 12.9. The van der Waals surface area contributed by atoms with E-state index in [4.69, 9.17) is 15.4 Å². The van der Waals surface area contributed by atoms with Crippen LogP contribution in [0.1, 0.15) is 51.4 Å². The van der Waals surface area contributed by atoms with Gasteiger partial charge in [0.2, 0.25) is 11.9 Å². The van der Waals surface area contributed by atoms with Gasteiger partial charge in [0.05, 0.1) is 11.7 Å². The van der Waals surface area contributed by atoms with Crippen molar-refractivity contribution in [3.05, 3.63) is 59.9 Å². The predicted octanol–water partition coefficient (Wildman–Crippen LogP) is 4.59. The fourth-order valence-electron chi connectivity index (χ4n) is 4.26. The van der Waals surface area contributed by atoms with Gasteiger partial charge in [-0.25, -0.2) is 4.98 Å². The normalized spacial score (nSPS) is 15.1. The molecule has 2 aromatic heterocycles. The quantitative estimate of drug-likeness (QED) is 0.369. The summed E-state index contributed by atoms with van der Waals surface area (Å²) in [6, 6.07) is 14.3. The molecule has 3 aromatic rings. The molecule has 4 rings (SSSR count). The predicted molar refractivity (Wildman–Crippen MR) is 149 cm³/mol. The molecule has 1 aliphatic rings. The van der Waals surface area contributed by atoms with E-state index >= 15 is 0 Å². The Labute approximate surface area is 218 Å². The van der Waals surface area contributed by atoms with Crippen molar-refractivity contribution in [1.29, 1.82) is 5.41 Å². The van der Waals surface area contributed by atoms with Crippen molar-refractivity contribution in [2.45, 2.75) is 46.2 Å². The highest BCUT2D eigenvalue weighted by Crippen LogP contribution is 2.30. The van der Waals surface area contributed by atoms with Crippen LogP contribution in [-0.2, 0) is 4.79 Å². The molecule has 1 aliphatic heterocycles. The lowest BCUT2D eigenvalue weighted by Gasteiger charge is -2.34. The number of rotatable bonds is 9. The van der Waals surface area contributed by atoms with Crippen LogP contribution in [0.4, 0.5) is 17.5 Å². The number of carbonyl (C=O) groups is 1. The summed E-state index contributed by atoms with van der Waals surface area (Å²) in [7, 11) is 0. The Bertz CT molecular complexity index is 1210. The lowest BCUT2D eigenvalue weighted by molar-refractivity contribution is -0.129. The second-order valence-electron chi connectivity index (χ2n) is 9.43. The highest BCUT2D eigenvalue weighted by molar-refractivity contribution is 5.89. The maximum absolute atomic E-state index is 11.8. The summed E-state index contributed by atoms with van der Waals surface area (Å²) in [6.45, 7) is 10.4. The largest absolute Gasteiger partial charge is 0.378 e. The van der Waals surface area contributed by atoms with Gasteiger partial charge in [0, 0.05) is 57.1 Å². The molecule has 3 N–H and O–H groups in total. The lowest BCUT2D eigenvalue weighted by atomic mass is 10.1. The van der Waals surface area contributed by atoms with E-state index in [1.54, 1.807) is 6.92 Å². The Morgan fingerprint density at radius 1 is 1.05 bits per heavy atom. The summed E-state index contributed by atoms with van der Waals surface area (Å²) in [5, 5.41) is 15.1. The van der Waals surface area contributed by atoms with Crippen LogP contribution in [0.25, 0.3) is 11.3 Å². The first-order valence-electron chi connectivity index (χ1n) is 12.9. The minimum absolute atomic E-state index is 0.0781. The molecule has 0 radical (unpaired) electrons. The van der Waals surface area contributed by atoms with E-state index in [0.717, 1.165) is 28.9 Å². The number of piperazine rings is 1. The molecular weight excluding hydrogens is 464 g/mol. The summed E-state index contributed by atoms with van der Waals surface area (Å²) < 4.78 is 0. The van der Waals surface area contributed by atoms with Crippen molar-refractivity contribution in [3.63, 3.8) is 0 Å². The molecule has 2 unspecified atom stereocenters. The van der Waals surface area contributed by atoms with Gasteiger partial charge in [-0.1, -0.05) is 43.3 Å². The van der Waals surface area contributed by atoms with Gasteiger partial charge in [-0.2, -0.15) is 4.98 Å². The Hall–Kier alpha value is -4.01. The van der Waals surface area contributed by atoms with E-state index in [2.05, 4.69) is 47.4 Å². The first kappa shape index (κ1) is 26.1. The van der Waals surface area contributed by atoms with Gasteiger partial charge in [-0.3, -0.25) is 9.78 Å². The summed E-state index contributed by atoms with van der Waals surface area (Å²) in [4.78, 5) is 30.0. The van der Waals surface area contributed by atoms with Crippen LogP contribution in [-0.4, -0.2) is 64.2 Å². The number of anilines is 3. The maximum atomic E-state index is 11.8. The van der Waals surface area contributed by atoms with E-state index in [1.807, 2.05) is 47.5 Å². The van der Waals surface area contributed by atoms with Gasteiger partial charge >= 0.3 is 0 Å². The summed E-state index contributed by atoms with van der Waals surface area (Å²) in [6.07, 6.45) is 4.09. The van der Waals surface area contributed by atoms with E-state index < -0.39 is 0 Å². The van der Waals surface area contributed by atoms with Crippen molar-refractivity contribution in [3.8, 4) is 11.3 Å². The Kier molecular flexibility index (Phi) is 8.32. The van der Waals surface area contributed by atoms with E-state index in [9.17, 15) is 4.79 Å². The van der Waals surface area contributed by atoms with Crippen molar-refractivity contribution in [2.75, 3.05) is 41.7 Å². The maximum Gasteiger partial charge on any atom is 0.228 e. The van der Waals surface area contributed by atoms with Crippen LogP contribution in [0.3, 0.4) is 0 Å². The van der Waals surface area contributed by atoms with E-state index in [0.29, 0.717) is 43.6 Å². The highest BCUT2D eigenvalue weighted by atomic mass is 16.2. The molecule has 1 saturated heterocycles. The standard InChI is InChI=1S/C28H36N8O/c1-5-19(2)31-26-25(17-29)33-28(36-15-13-35(14-16-36)21(4)37)34-27(26)32-20(3)23-11-12-24(30-18-23)22-9-7-6-8-10-22/h6-12,17-20,29,31H,5,13-16H2,1-4H3,(H,32,33,34). The van der Waals surface area contributed by atoms with Gasteiger partial charge in [-0.05, 0) is 31.9 Å². The lowest BCUT2D eigenvalue weighted by Crippen LogP contribution is -2.48. The zero-order valence-corrected chi connectivity index (χ0v) is 22.0. The number of benzene rings is 1. The fourth-order valence-corrected chi connectivity index (χ4v) is 4.26. The molecule has 1 amide bonds. The number of carbonyl (C=O) groups excluding carboxylic acids is 1. The topological polar surface area (TPSA) is 110 Å². The molecule has 0 bridgehead atoms. The van der Waals surface area contributed by atoms with Crippen LogP contribution >= 0.6 is 0 Å². The second-order valence-corrected chi connectivity index (χ2v) is 9.43. The molecule has 0 spiro atoms. The third kappa shape index (κ3) is 6.22. The molecule has 2 atom stereocenters. The van der Waals surface area contributed by atoms with Crippen molar-refractivity contribution < 1.29 is 4.79 Å². The zero-order valence-electron chi connectivity index (χ0n) is 22.0. The second kappa shape index (κ2) is 11.8. The van der Waals surface area contributed by atoms with Crippen molar-refractivity contribution >= 4 is 29.6 Å². The first-order chi connectivity index (χ1) is 17.9. The van der Waals surface area contributed by atoms with Gasteiger partial charge in [-0.15, -0.1) is 0 Å². The van der Waals surface area contributed by atoms with Gasteiger partial charge < -0.3 is 25.8 Å². The average Bonchev–Trinajstić information content (AvgIpc) is 2.94. The molecule has 194 valence electrons. The molecule has 37 heavy (non-hydrogen) atoms. The van der Waals surface area contributed by atoms with Gasteiger partial charge in [0.1, 0.15) is 11.4 Å². The molecule has 9 nitrogen and oxygen atoms in total. The van der Waals surface area contributed by atoms with Crippen molar-refractivity contribution in [1.82, 2.24) is 19.9 Å². The van der Waals surface area contributed by atoms with Crippen molar-refractivity contribution in [2.24, 2.45) is 0 Å². The fraction of sp³-hybridized carbons (Fsp3) is 0.393. The Morgan fingerprint density at radius 3 is 2.38 bits per heavy atom. The number of nitrogens with one attached hydrogen (secondary N) is 3.